The van der Waals surface area contributed by atoms with E-state index in [1.807, 2.05) is 11.5 Å². The largest absolute Gasteiger partial charge is 0.454 e. The van der Waals surface area contributed by atoms with Crippen LogP contribution in [0.25, 0.3) is 11.0 Å². The minimum Gasteiger partial charge on any atom is -0.454 e. The van der Waals surface area contributed by atoms with Gasteiger partial charge >= 0.3 is 5.97 Å². The van der Waals surface area contributed by atoms with Crippen LogP contribution in [0.1, 0.15) is 28.8 Å². The van der Waals surface area contributed by atoms with Crippen LogP contribution in [0.4, 0.5) is 0 Å². The third-order valence-electron chi connectivity index (χ3n) is 5.51. The lowest BCUT2D eigenvalue weighted by molar-refractivity contribution is 0.0457. The van der Waals surface area contributed by atoms with Crippen molar-refractivity contribution in [3.8, 4) is 0 Å². The molecule has 10 nitrogen and oxygen atoms in total. The van der Waals surface area contributed by atoms with E-state index in [1.54, 1.807) is 36.9 Å². The van der Waals surface area contributed by atoms with E-state index >= 15 is 0 Å². The molecule has 0 atom stereocenters. The molecule has 1 fully saturated rings. The molecule has 1 aliphatic rings. The number of hydrogen-bond acceptors (Lipinski definition) is 7. The average Bonchev–Trinajstić information content (AvgIpc) is 3.31. The lowest BCUT2D eigenvalue weighted by atomic mass is 10.3. The summed E-state index contributed by atoms with van der Waals surface area (Å²) in [6.45, 7) is 5.76. The molecule has 0 amide bonds. The van der Waals surface area contributed by atoms with Crippen LogP contribution in [0.3, 0.4) is 0 Å². The SMILES string of the molecule is CCn1c(COC(=O)c2cnn(C)c2C)nc2cc(S(=O)(=O)N3CCOCC3)ccc21. The number of ether oxygens (including phenoxy) is 2. The fourth-order valence-corrected chi connectivity index (χ4v) is 5.05. The van der Waals surface area contributed by atoms with E-state index in [0.29, 0.717) is 55.4 Å². The van der Waals surface area contributed by atoms with Gasteiger partial charge in [-0.2, -0.15) is 9.40 Å². The van der Waals surface area contributed by atoms with Gasteiger partial charge in [-0.1, -0.05) is 0 Å². The van der Waals surface area contributed by atoms with Crippen LogP contribution in [0.15, 0.2) is 29.3 Å². The average molecular weight is 448 g/mol. The van der Waals surface area contributed by atoms with Crippen molar-refractivity contribution in [1.82, 2.24) is 23.6 Å². The summed E-state index contributed by atoms with van der Waals surface area (Å²) in [5.74, 6) is 0.0733. The molecule has 0 radical (unpaired) electrons. The van der Waals surface area contributed by atoms with Crippen LogP contribution < -0.4 is 0 Å². The second kappa shape index (κ2) is 8.40. The Morgan fingerprint density at radius 3 is 2.65 bits per heavy atom. The van der Waals surface area contributed by atoms with Crippen molar-refractivity contribution < 1.29 is 22.7 Å². The lowest BCUT2D eigenvalue weighted by Gasteiger charge is -2.26. The Morgan fingerprint density at radius 1 is 1.26 bits per heavy atom. The maximum atomic E-state index is 13.0. The van der Waals surface area contributed by atoms with Gasteiger partial charge in [-0.15, -0.1) is 0 Å². The minimum atomic E-state index is -3.62. The molecule has 4 rings (SSSR count). The molecule has 0 spiro atoms. The second-order valence-electron chi connectivity index (χ2n) is 7.28. The van der Waals surface area contributed by atoms with Crippen LogP contribution >= 0.6 is 0 Å². The molecule has 31 heavy (non-hydrogen) atoms. The number of carbonyl (C=O) groups is 1. The molecule has 3 heterocycles. The van der Waals surface area contributed by atoms with Gasteiger partial charge in [0.25, 0.3) is 0 Å². The summed E-state index contributed by atoms with van der Waals surface area (Å²) in [5, 5.41) is 4.06. The highest BCUT2D eigenvalue weighted by molar-refractivity contribution is 7.89. The molecule has 11 heteroatoms. The zero-order chi connectivity index (χ0) is 22.2. The van der Waals surface area contributed by atoms with Gasteiger partial charge in [0.15, 0.2) is 0 Å². The van der Waals surface area contributed by atoms with Gasteiger partial charge in [-0.25, -0.2) is 18.2 Å². The van der Waals surface area contributed by atoms with Crippen molar-refractivity contribution in [2.45, 2.75) is 31.9 Å². The van der Waals surface area contributed by atoms with E-state index in [1.165, 1.54) is 10.5 Å². The van der Waals surface area contributed by atoms with Crippen molar-refractivity contribution in [3.05, 3.63) is 41.5 Å². The van der Waals surface area contributed by atoms with E-state index in [2.05, 4.69) is 10.1 Å². The second-order valence-corrected chi connectivity index (χ2v) is 9.22. The summed E-state index contributed by atoms with van der Waals surface area (Å²) < 4.78 is 41.6. The molecule has 0 bridgehead atoms. The number of nitrogens with zero attached hydrogens (tertiary/aromatic N) is 5. The third-order valence-corrected chi connectivity index (χ3v) is 7.40. The lowest BCUT2D eigenvalue weighted by Crippen LogP contribution is -2.40. The third kappa shape index (κ3) is 3.95. The molecule has 166 valence electrons. The van der Waals surface area contributed by atoms with Gasteiger partial charge in [-0.05, 0) is 32.0 Å². The first-order valence-electron chi connectivity index (χ1n) is 10.1. The first kappa shape index (κ1) is 21.5. The highest BCUT2D eigenvalue weighted by atomic mass is 32.2. The smallest absolute Gasteiger partial charge is 0.342 e. The number of benzene rings is 1. The predicted molar refractivity (Wildman–Crippen MR) is 112 cm³/mol. The van der Waals surface area contributed by atoms with E-state index in [4.69, 9.17) is 9.47 Å². The molecule has 1 aromatic carbocycles. The number of aryl methyl sites for hydroxylation is 2. The number of hydrogen-bond donors (Lipinski definition) is 0. The van der Waals surface area contributed by atoms with E-state index in [0.717, 1.165) is 5.52 Å². The topological polar surface area (TPSA) is 109 Å². The number of aromatic nitrogens is 4. The van der Waals surface area contributed by atoms with Gasteiger partial charge in [-0.3, -0.25) is 4.68 Å². The summed E-state index contributed by atoms with van der Waals surface area (Å²) in [5.41, 5.74) is 2.44. The number of sulfonamides is 1. The van der Waals surface area contributed by atoms with E-state index in [-0.39, 0.29) is 11.5 Å². The van der Waals surface area contributed by atoms with Gasteiger partial charge in [0.05, 0.1) is 35.3 Å². The number of esters is 1. The molecule has 0 aliphatic carbocycles. The Kier molecular flexibility index (Phi) is 5.82. The predicted octanol–water partition coefficient (Wildman–Crippen LogP) is 1.48. The number of imidazole rings is 1. The van der Waals surface area contributed by atoms with Crippen LogP contribution in [-0.4, -0.2) is 64.3 Å². The monoisotopic (exact) mass is 447 g/mol. The summed E-state index contributed by atoms with van der Waals surface area (Å²) in [4.78, 5) is 17.2. The van der Waals surface area contributed by atoms with Crippen molar-refractivity contribution in [2.24, 2.45) is 7.05 Å². The quantitative estimate of drug-likeness (QED) is 0.527. The Hall–Kier alpha value is -2.76. The van der Waals surface area contributed by atoms with Gasteiger partial charge < -0.3 is 14.0 Å². The Bertz CT molecular complexity index is 1220. The normalized spacial score (nSPS) is 15.5. The van der Waals surface area contributed by atoms with Crippen LogP contribution in [-0.2, 0) is 39.7 Å². The van der Waals surface area contributed by atoms with Gasteiger partial charge in [0.2, 0.25) is 10.0 Å². The maximum absolute atomic E-state index is 13.0. The highest BCUT2D eigenvalue weighted by Crippen LogP contribution is 2.24. The van der Waals surface area contributed by atoms with E-state index in [9.17, 15) is 13.2 Å². The van der Waals surface area contributed by atoms with Gasteiger partial charge in [0, 0.05) is 32.4 Å². The molecule has 0 saturated carbocycles. The van der Waals surface area contributed by atoms with Crippen LogP contribution in [0.5, 0.6) is 0 Å². The fraction of sp³-hybridized carbons (Fsp3) is 0.450. The van der Waals surface area contributed by atoms with Crippen LogP contribution in [0.2, 0.25) is 0 Å². The van der Waals surface area contributed by atoms with Crippen molar-refractivity contribution in [1.29, 1.82) is 0 Å². The molecule has 3 aromatic rings. The molecule has 0 N–H and O–H groups in total. The number of morpholine rings is 1. The maximum Gasteiger partial charge on any atom is 0.342 e. The zero-order valence-electron chi connectivity index (χ0n) is 17.7. The molecule has 0 unspecified atom stereocenters. The van der Waals surface area contributed by atoms with Crippen molar-refractivity contribution >= 4 is 27.0 Å². The van der Waals surface area contributed by atoms with Crippen molar-refractivity contribution in [3.63, 3.8) is 0 Å². The first-order chi connectivity index (χ1) is 14.8. The zero-order valence-corrected chi connectivity index (χ0v) is 18.6. The molecule has 1 saturated heterocycles. The summed E-state index contributed by atoms with van der Waals surface area (Å²) in [7, 11) is -1.86. The summed E-state index contributed by atoms with van der Waals surface area (Å²) in [6, 6.07) is 4.91. The molecule has 1 aliphatic heterocycles. The Morgan fingerprint density at radius 2 is 2.00 bits per heavy atom. The molecular weight excluding hydrogens is 422 g/mol. The van der Waals surface area contributed by atoms with Gasteiger partial charge in [0.1, 0.15) is 18.0 Å². The Balaban J connectivity index is 1.60. The first-order valence-corrected chi connectivity index (χ1v) is 11.5. The standard InChI is InChI=1S/C20H25N5O5S/c1-4-25-18-6-5-15(31(27,28)24-7-9-29-10-8-24)11-17(18)22-19(25)13-30-20(26)16-12-21-23(3)14(16)2/h5-6,11-12H,4,7-10,13H2,1-3H3. The molecular formula is C20H25N5O5S. The van der Waals surface area contributed by atoms with E-state index < -0.39 is 16.0 Å². The summed E-state index contributed by atoms with van der Waals surface area (Å²) in [6.07, 6.45) is 1.48. The number of carbonyl (C=O) groups excluding carboxylic acids is 1. The highest BCUT2D eigenvalue weighted by Gasteiger charge is 2.27. The number of rotatable bonds is 6. The molecule has 2 aromatic heterocycles. The number of fused-ring (bicyclic) bond motifs is 1. The minimum absolute atomic E-state index is 0.0266. The Labute approximate surface area is 180 Å². The fourth-order valence-electron chi connectivity index (χ4n) is 3.63. The van der Waals surface area contributed by atoms with Crippen LogP contribution in [0, 0.1) is 6.92 Å². The van der Waals surface area contributed by atoms with Crippen molar-refractivity contribution in [2.75, 3.05) is 26.3 Å². The summed E-state index contributed by atoms with van der Waals surface area (Å²) >= 11 is 0.